The molecule has 0 unspecified atom stereocenters. The number of hydrogen-bond acceptors (Lipinski definition) is 6. The van der Waals surface area contributed by atoms with Crippen LogP contribution in [-0.4, -0.2) is 63.4 Å². The third kappa shape index (κ3) is 3.48. The Morgan fingerprint density at radius 1 is 1.16 bits per heavy atom. The molecule has 2 aliphatic heterocycles. The number of furan rings is 1. The average Bonchev–Trinajstić information content (AvgIpc) is 3.47. The Morgan fingerprint density at radius 2 is 2.10 bits per heavy atom. The smallest absolute Gasteiger partial charge is 0.289 e. The van der Waals surface area contributed by atoms with Crippen molar-refractivity contribution >= 4 is 11.8 Å². The van der Waals surface area contributed by atoms with E-state index in [-0.39, 0.29) is 30.0 Å². The molecular weight excluding hydrogens is 396 g/mol. The van der Waals surface area contributed by atoms with Crippen molar-refractivity contribution in [2.75, 3.05) is 26.2 Å². The molecule has 0 aliphatic carbocycles. The minimum atomic E-state index is -1.17. The fraction of sp³-hybridized carbons (Fsp3) is 0.304. The van der Waals surface area contributed by atoms with Crippen LogP contribution in [0.1, 0.15) is 27.7 Å². The first-order chi connectivity index (χ1) is 15.2. The van der Waals surface area contributed by atoms with Crippen molar-refractivity contribution in [2.45, 2.75) is 18.1 Å². The molecule has 3 aromatic heterocycles. The fourth-order valence-corrected chi connectivity index (χ4v) is 4.46. The maximum absolute atomic E-state index is 13.8. The van der Waals surface area contributed by atoms with Crippen LogP contribution in [-0.2, 0) is 16.1 Å². The van der Waals surface area contributed by atoms with E-state index in [0.29, 0.717) is 26.2 Å². The minimum Gasteiger partial charge on any atom is -0.459 e. The quantitative estimate of drug-likeness (QED) is 0.645. The molecule has 3 aromatic rings. The van der Waals surface area contributed by atoms with Crippen LogP contribution in [0.2, 0.25) is 0 Å². The van der Waals surface area contributed by atoms with Crippen LogP contribution in [0.5, 0.6) is 0 Å². The number of aromatic nitrogens is 2. The van der Waals surface area contributed by atoms with Gasteiger partial charge in [-0.3, -0.25) is 19.6 Å². The summed E-state index contributed by atoms with van der Waals surface area (Å²) >= 11 is 0. The second-order valence-electron chi connectivity index (χ2n) is 7.79. The van der Waals surface area contributed by atoms with E-state index in [1.807, 2.05) is 30.3 Å². The van der Waals surface area contributed by atoms with Gasteiger partial charge in [-0.2, -0.15) is 0 Å². The fourth-order valence-electron chi connectivity index (χ4n) is 4.46. The molecule has 5 rings (SSSR count). The number of carbonyl (C=O) groups excluding carboxylic acids is 2. The van der Waals surface area contributed by atoms with E-state index in [2.05, 4.69) is 9.97 Å². The molecule has 5 heterocycles. The first kappa shape index (κ1) is 19.4. The summed E-state index contributed by atoms with van der Waals surface area (Å²) in [4.78, 5) is 38.8. The van der Waals surface area contributed by atoms with Gasteiger partial charge in [-0.15, -0.1) is 0 Å². The summed E-state index contributed by atoms with van der Waals surface area (Å²) in [5.74, 6) is -0.475. The predicted octanol–water partition coefficient (Wildman–Crippen LogP) is 2.11. The number of hydrogen-bond donors (Lipinski definition) is 0. The number of likely N-dealkylation sites (tertiary alicyclic amines) is 1. The molecule has 31 heavy (non-hydrogen) atoms. The van der Waals surface area contributed by atoms with Crippen LogP contribution in [0.15, 0.2) is 71.7 Å². The van der Waals surface area contributed by atoms with E-state index in [0.717, 1.165) is 11.3 Å². The lowest BCUT2D eigenvalue weighted by Crippen LogP contribution is -2.60. The normalized spacial score (nSPS) is 23.5. The van der Waals surface area contributed by atoms with Crippen molar-refractivity contribution in [3.05, 3.63) is 84.3 Å². The third-order valence-electron chi connectivity index (χ3n) is 5.95. The zero-order valence-corrected chi connectivity index (χ0v) is 16.9. The van der Waals surface area contributed by atoms with Crippen molar-refractivity contribution in [3.8, 4) is 0 Å². The zero-order chi connectivity index (χ0) is 21.3. The van der Waals surface area contributed by atoms with Crippen LogP contribution >= 0.6 is 0 Å². The zero-order valence-electron chi connectivity index (χ0n) is 16.9. The van der Waals surface area contributed by atoms with Gasteiger partial charge in [-0.25, -0.2) is 0 Å². The summed E-state index contributed by atoms with van der Waals surface area (Å²) in [7, 11) is 0. The lowest BCUT2D eigenvalue weighted by Gasteiger charge is -2.42. The monoisotopic (exact) mass is 418 g/mol. The SMILES string of the molecule is O=C(c1ccco1)N1C[C@@H](c2cccnc2)[C@@]2(C1)OCCN(Cc1ccccn1)C2=O. The van der Waals surface area contributed by atoms with Crippen molar-refractivity contribution in [3.63, 3.8) is 0 Å². The van der Waals surface area contributed by atoms with E-state index < -0.39 is 5.60 Å². The first-order valence-electron chi connectivity index (χ1n) is 10.2. The van der Waals surface area contributed by atoms with Crippen molar-refractivity contribution < 1.29 is 18.7 Å². The Labute approximate surface area is 179 Å². The van der Waals surface area contributed by atoms with Crippen LogP contribution < -0.4 is 0 Å². The molecule has 2 amide bonds. The standard InChI is InChI=1S/C23H22N4O4/c28-21(20-7-4-11-30-20)27-15-19(17-5-3-8-24-13-17)23(16-27)22(29)26(10-12-31-23)14-18-6-1-2-9-25-18/h1-9,11,13,19H,10,12,14-16H2/t19-,23+/m0/s1. The maximum Gasteiger partial charge on any atom is 0.289 e. The molecule has 2 saturated heterocycles. The molecule has 158 valence electrons. The topological polar surface area (TPSA) is 88.8 Å². The van der Waals surface area contributed by atoms with Crippen molar-refractivity contribution in [2.24, 2.45) is 0 Å². The highest BCUT2D eigenvalue weighted by atomic mass is 16.5. The third-order valence-corrected chi connectivity index (χ3v) is 5.95. The van der Waals surface area contributed by atoms with Crippen LogP contribution in [0.3, 0.4) is 0 Å². The second kappa shape index (κ2) is 7.96. The largest absolute Gasteiger partial charge is 0.459 e. The molecule has 0 radical (unpaired) electrons. The Morgan fingerprint density at radius 3 is 2.84 bits per heavy atom. The molecule has 2 aliphatic rings. The van der Waals surface area contributed by atoms with E-state index in [1.54, 1.807) is 40.5 Å². The van der Waals surface area contributed by atoms with Crippen LogP contribution in [0, 0.1) is 0 Å². The van der Waals surface area contributed by atoms with Gasteiger partial charge >= 0.3 is 0 Å². The van der Waals surface area contributed by atoms with Crippen molar-refractivity contribution in [1.29, 1.82) is 0 Å². The molecule has 2 fully saturated rings. The molecule has 0 bridgehead atoms. The highest BCUT2D eigenvalue weighted by Gasteiger charge is 2.58. The Balaban J connectivity index is 1.48. The molecule has 0 N–H and O–H groups in total. The molecule has 8 heteroatoms. The Kier molecular flexibility index (Phi) is 4.99. The first-order valence-corrected chi connectivity index (χ1v) is 10.2. The van der Waals surface area contributed by atoms with Gasteiger partial charge in [0.15, 0.2) is 11.4 Å². The number of ether oxygens (including phenoxy) is 1. The average molecular weight is 418 g/mol. The molecule has 1 spiro atoms. The lowest BCUT2D eigenvalue weighted by atomic mass is 9.83. The number of nitrogens with zero attached hydrogens (tertiary/aromatic N) is 4. The molecule has 8 nitrogen and oxygen atoms in total. The molecule has 0 aromatic carbocycles. The molecule has 0 saturated carbocycles. The van der Waals surface area contributed by atoms with Gasteiger partial charge in [-0.1, -0.05) is 12.1 Å². The van der Waals surface area contributed by atoms with Crippen LogP contribution in [0.4, 0.5) is 0 Å². The number of amides is 2. The Hall–Kier alpha value is -3.52. The van der Waals surface area contributed by atoms with Gasteiger partial charge in [0.25, 0.3) is 11.8 Å². The number of pyridine rings is 2. The van der Waals surface area contributed by atoms with Gasteiger partial charge in [0.1, 0.15) is 0 Å². The van der Waals surface area contributed by atoms with E-state index >= 15 is 0 Å². The maximum atomic E-state index is 13.8. The molecular formula is C23H22N4O4. The van der Waals surface area contributed by atoms with E-state index in [1.165, 1.54) is 6.26 Å². The summed E-state index contributed by atoms with van der Waals surface area (Å²) in [6, 6.07) is 12.7. The summed E-state index contributed by atoms with van der Waals surface area (Å²) in [5, 5.41) is 0. The Bertz CT molecular complexity index is 1060. The summed E-state index contributed by atoms with van der Waals surface area (Å²) in [5.41, 5.74) is 0.510. The lowest BCUT2D eigenvalue weighted by molar-refractivity contribution is -0.172. The van der Waals surface area contributed by atoms with Crippen molar-refractivity contribution in [1.82, 2.24) is 19.8 Å². The van der Waals surface area contributed by atoms with E-state index in [4.69, 9.17) is 9.15 Å². The highest BCUT2D eigenvalue weighted by Crippen LogP contribution is 2.42. The van der Waals surface area contributed by atoms with Gasteiger partial charge in [0.2, 0.25) is 0 Å². The van der Waals surface area contributed by atoms with Gasteiger partial charge < -0.3 is 19.0 Å². The van der Waals surface area contributed by atoms with E-state index in [9.17, 15) is 9.59 Å². The number of carbonyl (C=O) groups is 2. The second-order valence-corrected chi connectivity index (χ2v) is 7.79. The summed E-state index contributed by atoms with van der Waals surface area (Å²) in [6.07, 6.45) is 6.61. The van der Waals surface area contributed by atoms with Gasteiger partial charge in [0, 0.05) is 37.6 Å². The predicted molar refractivity (Wildman–Crippen MR) is 110 cm³/mol. The molecule has 2 atom stereocenters. The minimum absolute atomic E-state index is 0.131. The highest BCUT2D eigenvalue weighted by molar-refractivity contribution is 5.94. The van der Waals surface area contributed by atoms with Crippen LogP contribution in [0.25, 0.3) is 0 Å². The summed E-state index contributed by atoms with van der Waals surface area (Å²) in [6.45, 7) is 1.76. The van der Waals surface area contributed by atoms with Gasteiger partial charge in [-0.05, 0) is 35.9 Å². The van der Waals surface area contributed by atoms with Gasteiger partial charge in [0.05, 0.1) is 31.7 Å². The number of morpholine rings is 1. The summed E-state index contributed by atoms with van der Waals surface area (Å²) < 4.78 is 11.5. The number of rotatable bonds is 4.